The first kappa shape index (κ1) is 17.7. The van der Waals surface area contributed by atoms with Crippen molar-refractivity contribution in [3.63, 3.8) is 0 Å². The zero-order chi connectivity index (χ0) is 17.6. The van der Waals surface area contributed by atoms with E-state index < -0.39 is 0 Å². The number of hydrogen-bond acceptors (Lipinski definition) is 5. The molecule has 6 nitrogen and oxygen atoms in total. The van der Waals surface area contributed by atoms with Crippen molar-refractivity contribution in [1.82, 2.24) is 9.97 Å². The molecule has 0 unspecified atom stereocenters. The first-order valence-electron chi connectivity index (χ1n) is 8.49. The Bertz CT molecular complexity index is 746. The normalized spacial score (nSPS) is 14.2. The molecule has 3 rings (SSSR count). The molecule has 0 saturated carbocycles. The van der Waals surface area contributed by atoms with Crippen molar-refractivity contribution in [3.8, 4) is 0 Å². The minimum absolute atomic E-state index is 0.111. The molecule has 7 heteroatoms. The van der Waals surface area contributed by atoms with E-state index in [1.54, 1.807) is 6.33 Å². The Morgan fingerprint density at radius 2 is 2.00 bits per heavy atom. The van der Waals surface area contributed by atoms with Gasteiger partial charge >= 0.3 is 0 Å². The fourth-order valence-electron chi connectivity index (χ4n) is 2.84. The van der Waals surface area contributed by atoms with Gasteiger partial charge < -0.3 is 15.5 Å². The minimum atomic E-state index is -0.111. The average Bonchev–Trinajstić information content (AvgIpc) is 2.64. The van der Waals surface area contributed by atoms with Gasteiger partial charge in [-0.1, -0.05) is 15.9 Å². The van der Waals surface area contributed by atoms with E-state index >= 15 is 0 Å². The van der Waals surface area contributed by atoms with Gasteiger partial charge in [0.15, 0.2) is 0 Å². The number of piperidine rings is 1. The molecule has 0 aliphatic carbocycles. The van der Waals surface area contributed by atoms with Gasteiger partial charge in [0.05, 0.1) is 6.54 Å². The molecule has 132 valence electrons. The Morgan fingerprint density at radius 3 is 2.76 bits per heavy atom. The quantitative estimate of drug-likeness (QED) is 0.797. The Morgan fingerprint density at radius 1 is 1.20 bits per heavy atom. The molecule has 2 N–H and O–H groups in total. The molecule has 1 aromatic heterocycles. The summed E-state index contributed by atoms with van der Waals surface area (Å²) >= 11 is 3.45. The van der Waals surface area contributed by atoms with Crippen molar-refractivity contribution in [1.29, 1.82) is 0 Å². The van der Waals surface area contributed by atoms with Crippen LogP contribution < -0.4 is 15.5 Å². The number of rotatable bonds is 5. The summed E-state index contributed by atoms with van der Waals surface area (Å²) in [4.78, 5) is 22.9. The van der Waals surface area contributed by atoms with E-state index in [-0.39, 0.29) is 12.5 Å². The van der Waals surface area contributed by atoms with Crippen LogP contribution in [0.4, 0.5) is 17.3 Å². The zero-order valence-electron chi connectivity index (χ0n) is 14.3. The second-order valence-electron chi connectivity index (χ2n) is 6.17. The number of hydrogen-bond donors (Lipinski definition) is 2. The van der Waals surface area contributed by atoms with Crippen LogP contribution in [0.5, 0.6) is 0 Å². The van der Waals surface area contributed by atoms with Crippen molar-refractivity contribution < 1.29 is 4.79 Å². The standard InChI is InChI=1S/C18H22BrN5O/c1-13-9-14(5-6-15(13)19)23-18(25)11-20-16-10-17(22-12-21-16)24-7-3-2-4-8-24/h5-6,9-10,12H,2-4,7-8,11H2,1H3,(H,23,25)(H,20,21,22). The van der Waals surface area contributed by atoms with Crippen LogP contribution in [-0.4, -0.2) is 35.5 Å². The molecule has 1 aliphatic heterocycles. The first-order valence-corrected chi connectivity index (χ1v) is 9.28. The number of carbonyl (C=O) groups is 1. The number of aryl methyl sites for hydroxylation is 1. The highest BCUT2D eigenvalue weighted by atomic mass is 79.9. The van der Waals surface area contributed by atoms with E-state index in [9.17, 15) is 4.79 Å². The molecule has 2 heterocycles. The number of halogens is 1. The molecule has 1 aromatic carbocycles. The van der Waals surface area contributed by atoms with Gasteiger partial charge in [-0.3, -0.25) is 4.79 Å². The molecule has 1 fully saturated rings. The number of anilines is 3. The van der Waals surface area contributed by atoms with E-state index in [0.29, 0.717) is 5.82 Å². The third-order valence-corrected chi connectivity index (χ3v) is 5.09. The van der Waals surface area contributed by atoms with Gasteiger partial charge in [0.1, 0.15) is 18.0 Å². The number of benzene rings is 1. The SMILES string of the molecule is Cc1cc(NC(=O)CNc2cc(N3CCCCC3)ncn2)ccc1Br. The molecule has 1 amide bonds. The highest BCUT2D eigenvalue weighted by Crippen LogP contribution is 2.20. The van der Waals surface area contributed by atoms with E-state index in [0.717, 1.165) is 34.6 Å². The molecule has 0 atom stereocenters. The summed E-state index contributed by atoms with van der Waals surface area (Å²) in [5.41, 5.74) is 1.86. The van der Waals surface area contributed by atoms with Crippen molar-refractivity contribution in [2.75, 3.05) is 35.2 Å². The molecule has 1 saturated heterocycles. The monoisotopic (exact) mass is 403 g/mol. The van der Waals surface area contributed by atoms with Gasteiger partial charge in [-0.25, -0.2) is 9.97 Å². The van der Waals surface area contributed by atoms with Gasteiger partial charge in [-0.15, -0.1) is 0 Å². The largest absolute Gasteiger partial charge is 0.361 e. The molecule has 0 bridgehead atoms. The highest BCUT2D eigenvalue weighted by molar-refractivity contribution is 9.10. The van der Waals surface area contributed by atoms with E-state index in [1.807, 2.05) is 31.2 Å². The maximum Gasteiger partial charge on any atom is 0.243 e. The lowest BCUT2D eigenvalue weighted by Gasteiger charge is -2.27. The van der Waals surface area contributed by atoms with Crippen LogP contribution in [0.3, 0.4) is 0 Å². The van der Waals surface area contributed by atoms with Crippen molar-refractivity contribution >= 4 is 39.2 Å². The summed E-state index contributed by atoms with van der Waals surface area (Å²) in [6.45, 7) is 4.20. The van der Waals surface area contributed by atoms with Crippen molar-refractivity contribution in [2.24, 2.45) is 0 Å². The minimum Gasteiger partial charge on any atom is -0.361 e. The number of carbonyl (C=O) groups excluding carboxylic acids is 1. The third kappa shape index (κ3) is 4.92. The predicted molar refractivity (Wildman–Crippen MR) is 104 cm³/mol. The lowest BCUT2D eigenvalue weighted by atomic mass is 10.1. The lowest BCUT2D eigenvalue weighted by Crippen LogP contribution is -2.30. The fraction of sp³-hybridized carbons (Fsp3) is 0.389. The van der Waals surface area contributed by atoms with Crippen LogP contribution in [-0.2, 0) is 4.79 Å². The van der Waals surface area contributed by atoms with Crippen LogP contribution in [0.15, 0.2) is 35.1 Å². The summed E-state index contributed by atoms with van der Waals surface area (Å²) in [5, 5.41) is 5.95. The maximum absolute atomic E-state index is 12.1. The topological polar surface area (TPSA) is 70.2 Å². The molecule has 1 aliphatic rings. The molecule has 0 radical (unpaired) electrons. The van der Waals surface area contributed by atoms with Crippen molar-refractivity contribution in [2.45, 2.75) is 26.2 Å². The summed E-state index contributed by atoms with van der Waals surface area (Å²) < 4.78 is 1.02. The number of nitrogens with zero attached hydrogens (tertiary/aromatic N) is 3. The first-order chi connectivity index (χ1) is 12.1. The van der Waals surface area contributed by atoms with Gasteiger partial charge in [-0.2, -0.15) is 0 Å². The Labute approximate surface area is 156 Å². The number of nitrogens with one attached hydrogen (secondary N) is 2. The highest BCUT2D eigenvalue weighted by Gasteiger charge is 2.13. The summed E-state index contributed by atoms with van der Waals surface area (Å²) in [6.07, 6.45) is 5.22. The van der Waals surface area contributed by atoms with Gasteiger partial charge in [0, 0.05) is 29.3 Å². The predicted octanol–water partition coefficient (Wildman–Crippen LogP) is 3.59. The second kappa shape index (κ2) is 8.29. The van der Waals surface area contributed by atoms with E-state index in [4.69, 9.17) is 0 Å². The Hall–Kier alpha value is -2.15. The summed E-state index contributed by atoms with van der Waals surface area (Å²) in [5.74, 6) is 1.47. The zero-order valence-corrected chi connectivity index (χ0v) is 15.8. The van der Waals surface area contributed by atoms with E-state index in [1.165, 1.54) is 19.3 Å². The smallest absolute Gasteiger partial charge is 0.243 e. The summed E-state index contributed by atoms with van der Waals surface area (Å²) in [6, 6.07) is 7.63. The fourth-order valence-corrected chi connectivity index (χ4v) is 3.08. The Balaban J connectivity index is 1.55. The van der Waals surface area contributed by atoms with Crippen molar-refractivity contribution in [3.05, 3.63) is 40.6 Å². The maximum atomic E-state index is 12.1. The molecule has 2 aromatic rings. The van der Waals surface area contributed by atoms with Crippen LogP contribution in [0, 0.1) is 6.92 Å². The van der Waals surface area contributed by atoms with Gasteiger partial charge in [0.2, 0.25) is 5.91 Å². The summed E-state index contributed by atoms with van der Waals surface area (Å²) in [7, 11) is 0. The molecule has 25 heavy (non-hydrogen) atoms. The molecule has 0 spiro atoms. The molecular weight excluding hydrogens is 382 g/mol. The van der Waals surface area contributed by atoms with Gasteiger partial charge in [0.25, 0.3) is 0 Å². The second-order valence-corrected chi connectivity index (χ2v) is 7.03. The number of aromatic nitrogens is 2. The Kier molecular flexibility index (Phi) is 5.86. The van der Waals surface area contributed by atoms with E-state index in [2.05, 4.69) is 41.4 Å². The molecular formula is C18H22BrN5O. The van der Waals surface area contributed by atoms with Crippen LogP contribution in [0.25, 0.3) is 0 Å². The van der Waals surface area contributed by atoms with Crippen LogP contribution in [0.1, 0.15) is 24.8 Å². The van der Waals surface area contributed by atoms with Crippen LogP contribution in [0.2, 0.25) is 0 Å². The van der Waals surface area contributed by atoms with Gasteiger partial charge in [-0.05, 0) is 49.9 Å². The number of amides is 1. The lowest BCUT2D eigenvalue weighted by molar-refractivity contribution is -0.114. The average molecular weight is 404 g/mol. The van der Waals surface area contributed by atoms with Crippen LogP contribution >= 0.6 is 15.9 Å². The third-order valence-electron chi connectivity index (χ3n) is 4.20.